The molecule has 1 N–H and O–H groups in total. The second kappa shape index (κ2) is 7.36. The smallest absolute Gasteiger partial charge is 0.127 e. The molecule has 1 aromatic carbocycles. The molecule has 1 saturated heterocycles. The zero-order chi connectivity index (χ0) is 13.5. The number of nitrogens with one attached hydrogen (secondary N) is 1. The quantitative estimate of drug-likeness (QED) is 0.857. The molecule has 0 radical (unpaired) electrons. The lowest BCUT2D eigenvalue weighted by Gasteiger charge is -2.23. The summed E-state index contributed by atoms with van der Waals surface area (Å²) in [6.07, 6.45) is 3.99. The van der Waals surface area contributed by atoms with Crippen molar-refractivity contribution in [2.75, 3.05) is 27.4 Å². The minimum absolute atomic E-state index is 0.359. The zero-order valence-electron chi connectivity index (χ0n) is 11.8. The van der Waals surface area contributed by atoms with Crippen LogP contribution >= 0.6 is 0 Å². The average molecular weight is 265 g/mol. The van der Waals surface area contributed by atoms with Crippen LogP contribution in [0, 0.1) is 0 Å². The first kappa shape index (κ1) is 14.2. The summed E-state index contributed by atoms with van der Waals surface area (Å²) in [4.78, 5) is 0. The van der Waals surface area contributed by atoms with E-state index in [1.807, 2.05) is 18.2 Å². The van der Waals surface area contributed by atoms with Crippen molar-refractivity contribution in [2.45, 2.75) is 31.9 Å². The van der Waals surface area contributed by atoms with E-state index in [1.165, 1.54) is 12.8 Å². The van der Waals surface area contributed by atoms with Gasteiger partial charge in [-0.1, -0.05) is 6.07 Å². The molecule has 1 fully saturated rings. The third-order valence-electron chi connectivity index (χ3n) is 3.46. The van der Waals surface area contributed by atoms with Gasteiger partial charge in [0.2, 0.25) is 0 Å². The molecule has 2 rings (SSSR count). The summed E-state index contributed by atoms with van der Waals surface area (Å²) in [5.41, 5.74) is 1.14. The Morgan fingerprint density at radius 1 is 1.26 bits per heavy atom. The largest absolute Gasteiger partial charge is 0.497 e. The van der Waals surface area contributed by atoms with Gasteiger partial charge in [-0.3, -0.25) is 0 Å². The molecule has 19 heavy (non-hydrogen) atoms. The van der Waals surface area contributed by atoms with Gasteiger partial charge in [-0.15, -0.1) is 0 Å². The zero-order valence-corrected chi connectivity index (χ0v) is 11.8. The molecule has 4 heteroatoms. The van der Waals surface area contributed by atoms with Gasteiger partial charge in [0.1, 0.15) is 11.5 Å². The highest BCUT2D eigenvalue weighted by Gasteiger charge is 2.13. The van der Waals surface area contributed by atoms with Gasteiger partial charge < -0.3 is 19.5 Å². The summed E-state index contributed by atoms with van der Waals surface area (Å²) >= 11 is 0. The molecule has 1 unspecified atom stereocenters. The topological polar surface area (TPSA) is 39.7 Å². The molecule has 1 aliphatic heterocycles. The molecular formula is C15H23NO3. The molecule has 1 aromatic rings. The van der Waals surface area contributed by atoms with Gasteiger partial charge in [0, 0.05) is 31.3 Å². The van der Waals surface area contributed by atoms with Crippen LogP contribution < -0.4 is 14.8 Å². The second-order valence-electron chi connectivity index (χ2n) is 4.80. The van der Waals surface area contributed by atoms with E-state index in [2.05, 4.69) is 5.32 Å². The first-order valence-electron chi connectivity index (χ1n) is 6.86. The number of hydrogen-bond donors (Lipinski definition) is 1. The number of rotatable bonds is 6. The molecule has 1 heterocycles. The van der Waals surface area contributed by atoms with Crippen molar-refractivity contribution in [3.63, 3.8) is 0 Å². The lowest BCUT2D eigenvalue weighted by atomic mass is 10.1. The Bertz CT molecular complexity index is 389. The van der Waals surface area contributed by atoms with E-state index in [9.17, 15) is 0 Å². The molecule has 0 bridgehead atoms. The Morgan fingerprint density at radius 2 is 2.16 bits per heavy atom. The molecule has 0 saturated carbocycles. The predicted octanol–water partition coefficient (Wildman–Crippen LogP) is 2.36. The molecular weight excluding hydrogens is 242 g/mol. The highest BCUT2D eigenvalue weighted by molar-refractivity contribution is 5.40. The van der Waals surface area contributed by atoms with Crippen LogP contribution in [0.5, 0.6) is 11.5 Å². The highest BCUT2D eigenvalue weighted by Crippen LogP contribution is 2.24. The lowest BCUT2D eigenvalue weighted by Crippen LogP contribution is -2.31. The summed E-state index contributed by atoms with van der Waals surface area (Å²) in [5, 5.41) is 3.44. The van der Waals surface area contributed by atoms with Gasteiger partial charge in [-0.25, -0.2) is 0 Å². The fourth-order valence-electron chi connectivity index (χ4n) is 2.33. The van der Waals surface area contributed by atoms with Gasteiger partial charge in [0.05, 0.1) is 20.3 Å². The molecule has 4 nitrogen and oxygen atoms in total. The highest BCUT2D eigenvalue weighted by atomic mass is 16.5. The molecule has 0 spiro atoms. The first-order valence-corrected chi connectivity index (χ1v) is 6.86. The van der Waals surface area contributed by atoms with Gasteiger partial charge in [-0.2, -0.15) is 0 Å². The van der Waals surface area contributed by atoms with Crippen molar-refractivity contribution in [1.29, 1.82) is 0 Å². The summed E-state index contributed by atoms with van der Waals surface area (Å²) in [6.45, 7) is 2.58. The van der Waals surface area contributed by atoms with Crippen LogP contribution in [0.15, 0.2) is 18.2 Å². The molecule has 0 amide bonds. The van der Waals surface area contributed by atoms with Crippen LogP contribution in [-0.4, -0.2) is 33.5 Å². The monoisotopic (exact) mass is 265 g/mol. The standard InChI is InChI=1S/C15H23NO3/c1-17-13-7-6-12(15(9-13)18-2)10-16-11-14-5-3-4-8-19-14/h6-7,9,14,16H,3-5,8,10-11H2,1-2H3. The van der Waals surface area contributed by atoms with E-state index < -0.39 is 0 Å². The fourth-order valence-corrected chi connectivity index (χ4v) is 2.33. The first-order chi connectivity index (χ1) is 9.33. The van der Waals surface area contributed by atoms with Crippen molar-refractivity contribution in [3.05, 3.63) is 23.8 Å². The van der Waals surface area contributed by atoms with Gasteiger partial charge in [0.25, 0.3) is 0 Å². The molecule has 106 valence electrons. The van der Waals surface area contributed by atoms with Crippen LogP contribution in [0.25, 0.3) is 0 Å². The van der Waals surface area contributed by atoms with Crippen molar-refractivity contribution in [3.8, 4) is 11.5 Å². The maximum Gasteiger partial charge on any atom is 0.127 e. The van der Waals surface area contributed by atoms with E-state index in [0.717, 1.165) is 43.2 Å². The number of hydrogen-bond acceptors (Lipinski definition) is 4. The van der Waals surface area contributed by atoms with Crippen LogP contribution in [0.1, 0.15) is 24.8 Å². The van der Waals surface area contributed by atoms with E-state index in [0.29, 0.717) is 6.10 Å². The van der Waals surface area contributed by atoms with Crippen molar-refractivity contribution >= 4 is 0 Å². The van der Waals surface area contributed by atoms with Crippen LogP contribution in [0.2, 0.25) is 0 Å². The van der Waals surface area contributed by atoms with E-state index >= 15 is 0 Å². The summed E-state index contributed by atoms with van der Waals surface area (Å²) < 4.78 is 16.3. The van der Waals surface area contributed by atoms with E-state index in [1.54, 1.807) is 14.2 Å². The number of benzene rings is 1. The van der Waals surface area contributed by atoms with Crippen molar-refractivity contribution in [2.24, 2.45) is 0 Å². The van der Waals surface area contributed by atoms with Gasteiger partial charge >= 0.3 is 0 Å². The summed E-state index contributed by atoms with van der Waals surface area (Å²) in [7, 11) is 3.34. The van der Waals surface area contributed by atoms with Crippen molar-refractivity contribution in [1.82, 2.24) is 5.32 Å². The van der Waals surface area contributed by atoms with Crippen molar-refractivity contribution < 1.29 is 14.2 Å². The molecule has 0 aromatic heterocycles. The number of ether oxygens (including phenoxy) is 3. The van der Waals surface area contributed by atoms with Crippen LogP contribution in [-0.2, 0) is 11.3 Å². The molecule has 0 aliphatic carbocycles. The minimum Gasteiger partial charge on any atom is -0.497 e. The van der Waals surface area contributed by atoms with Gasteiger partial charge in [0.15, 0.2) is 0 Å². The molecule has 1 aliphatic rings. The molecule has 1 atom stereocenters. The maximum atomic E-state index is 5.70. The average Bonchev–Trinajstić information content (AvgIpc) is 2.48. The third kappa shape index (κ3) is 4.11. The SMILES string of the molecule is COc1ccc(CNCC2CCCCO2)c(OC)c1. The third-order valence-corrected chi connectivity index (χ3v) is 3.46. The van der Waals surface area contributed by atoms with E-state index in [-0.39, 0.29) is 0 Å². The Kier molecular flexibility index (Phi) is 5.48. The Hall–Kier alpha value is -1.26. The Morgan fingerprint density at radius 3 is 2.84 bits per heavy atom. The Labute approximate surface area is 115 Å². The summed E-state index contributed by atoms with van der Waals surface area (Å²) in [5.74, 6) is 1.67. The predicted molar refractivity (Wildman–Crippen MR) is 74.8 cm³/mol. The minimum atomic E-state index is 0.359. The maximum absolute atomic E-state index is 5.70. The Balaban J connectivity index is 1.84. The van der Waals surface area contributed by atoms with Crippen LogP contribution in [0.4, 0.5) is 0 Å². The number of methoxy groups -OCH3 is 2. The second-order valence-corrected chi connectivity index (χ2v) is 4.80. The van der Waals surface area contributed by atoms with Gasteiger partial charge in [-0.05, 0) is 25.3 Å². The fraction of sp³-hybridized carbons (Fsp3) is 0.600. The van der Waals surface area contributed by atoms with Crippen LogP contribution in [0.3, 0.4) is 0 Å². The van der Waals surface area contributed by atoms with E-state index in [4.69, 9.17) is 14.2 Å². The lowest BCUT2D eigenvalue weighted by molar-refractivity contribution is 0.0167. The normalized spacial score (nSPS) is 19.2. The summed E-state index contributed by atoms with van der Waals surface area (Å²) in [6, 6.07) is 5.90.